The maximum absolute atomic E-state index is 2.43. The molecule has 0 aromatic carbocycles. The normalized spacial score (nSPS) is 31.4. The SMILES string of the molecule is BC(C)(C)C1CC(C(B)(C)C)CC(C(C)(C)C)C1. The van der Waals surface area contributed by atoms with Crippen LogP contribution in [0.15, 0.2) is 0 Å². The van der Waals surface area contributed by atoms with E-state index >= 15 is 0 Å². The maximum atomic E-state index is 2.43. The quantitative estimate of drug-likeness (QED) is 0.653. The predicted molar refractivity (Wildman–Crippen MR) is 88.9 cm³/mol. The van der Waals surface area contributed by atoms with E-state index in [0.29, 0.717) is 16.0 Å². The molecule has 0 nitrogen and oxygen atoms in total. The minimum Gasteiger partial charge on any atom is -0.0669 e. The van der Waals surface area contributed by atoms with Gasteiger partial charge in [-0.3, -0.25) is 0 Å². The molecule has 1 aliphatic rings. The van der Waals surface area contributed by atoms with Gasteiger partial charge in [-0.25, -0.2) is 0 Å². The standard InChI is InChI=1S/C16H34B2/c1-14(2,3)11-8-12(15(4,5)17)10-13(9-11)16(6,7)18/h11-13H,8-10,17-18H2,1-7H3. The van der Waals surface area contributed by atoms with Crippen molar-refractivity contribution >= 4 is 15.7 Å². The molecular formula is C16H34B2. The Hall–Kier alpha value is 0.130. The van der Waals surface area contributed by atoms with E-state index < -0.39 is 0 Å². The van der Waals surface area contributed by atoms with Crippen LogP contribution in [0.3, 0.4) is 0 Å². The Labute approximate surface area is 118 Å². The summed E-state index contributed by atoms with van der Waals surface area (Å²) in [5.74, 6) is 2.67. The molecule has 0 heterocycles. The number of hydrogen-bond acceptors (Lipinski definition) is 0. The zero-order valence-electron chi connectivity index (χ0n) is 14.4. The van der Waals surface area contributed by atoms with Gasteiger partial charge in [-0.2, -0.15) is 0 Å². The Morgan fingerprint density at radius 1 is 0.611 bits per heavy atom. The maximum Gasteiger partial charge on any atom is 0.109 e. The van der Waals surface area contributed by atoms with E-state index in [4.69, 9.17) is 0 Å². The highest BCUT2D eigenvalue weighted by Crippen LogP contribution is 2.54. The van der Waals surface area contributed by atoms with Crippen molar-refractivity contribution in [3.8, 4) is 0 Å². The summed E-state index contributed by atoms with van der Waals surface area (Å²) >= 11 is 0. The second kappa shape index (κ2) is 4.91. The molecule has 0 spiro atoms. The monoisotopic (exact) mass is 248 g/mol. The molecule has 0 aromatic rings. The fourth-order valence-electron chi connectivity index (χ4n) is 3.44. The van der Waals surface area contributed by atoms with Crippen molar-refractivity contribution in [1.29, 1.82) is 0 Å². The molecule has 18 heavy (non-hydrogen) atoms. The van der Waals surface area contributed by atoms with Gasteiger partial charge in [0.15, 0.2) is 0 Å². The third-order valence-electron chi connectivity index (χ3n) is 5.38. The molecule has 1 aliphatic carbocycles. The van der Waals surface area contributed by atoms with E-state index in [1.807, 2.05) is 0 Å². The average Bonchev–Trinajstić information content (AvgIpc) is 2.13. The Morgan fingerprint density at radius 3 is 1.11 bits per heavy atom. The summed E-state index contributed by atoms with van der Waals surface area (Å²) in [4.78, 5) is 0. The zero-order valence-corrected chi connectivity index (χ0v) is 14.4. The van der Waals surface area contributed by atoms with Gasteiger partial charge < -0.3 is 0 Å². The summed E-state index contributed by atoms with van der Waals surface area (Å²) in [5, 5.41) is 0.931. The smallest absolute Gasteiger partial charge is 0.0669 e. The van der Waals surface area contributed by atoms with Gasteiger partial charge >= 0.3 is 0 Å². The van der Waals surface area contributed by atoms with Crippen molar-refractivity contribution in [2.75, 3.05) is 0 Å². The first kappa shape index (κ1) is 16.2. The molecule has 1 saturated carbocycles. The molecule has 1 fully saturated rings. The van der Waals surface area contributed by atoms with E-state index in [2.05, 4.69) is 64.2 Å². The summed E-state index contributed by atoms with van der Waals surface area (Å²) in [6.07, 6.45) is 4.29. The van der Waals surface area contributed by atoms with Gasteiger partial charge in [0.1, 0.15) is 15.7 Å². The lowest BCUT2D eigenvalue weighted by Crippen LogP contribution is -2.38. The molecule has 0 bridgehead atoms. The van der Waals surface area contributed by atoms with Crippen LogP contribution in [0.1, 0.15) is 67.7 Å². The predicted octanol–water partition coefficient (Wildman–Crippen LogP) is 3.73. The molecule has 104 valence electrons. The van der Waals surface area contributed by atoms with Crippen molar-refractivity contribution < 1.29 is 0 Å². The number of hydrogen-bond donors (Lipinski definition) is 0. The van der Waals surface area contributed by atoms with Gasteiger partial charge in [-0.1, -0.05) is 59.1 Å². The first-order valence-corrected chi connectivity index (χ1v) is 7.82. The van der Waals surface area contributed by atoms with Crippen LogP contribution in [0, 0.1) is 23.2 Å². The van der Waals surface area contributed by atoms with E-state index in [0.717, 1.165) is 17.8 Å². The lowest BCUT2D eigenvalue weighted by atomic mass is 9.49. The van der Waals surface area contributed by atoms with Crippen LogP contribution in [-0.2, 0) is 0 Å². The molecule has 2 atom stereocenters. The molecule has 2 unspecified atom stereocenters. The summed E-state index contributed by atoms with van der Waals surface area (Å²) in [5.41, 5.74) is 0.466. The van der Waals surface area contributed by atoms with Crippen LogP contribution in [0.2, 0.25) is 10.6 Å². The summed E-state index contributed by atoms with van der Waals surface area (Å²) in [7, 11) is 4.87. The van der Waals surface area contributed by atoms with E-state index in [1.54, 1.807) is 0 Å². The molecule has 0 aromatic heterocycles. The lowest BCUT2D eigenvalue weighted by molar-refractivity contribution is 0.0714. The Kier molecular flexibility index (Phi) is 4.41. The minimum absolute atomic E-state index is 0.466. The Morgan fingerprint density at radius 2 is 0.889 bits per heavy atom. The fourth-order valence-corrected chi connectivity index (χ4v) is 3.44. The van der Waals surface area contributed by atoms with Crippen LogP contribution >= 0.6 is 0 Å². The van der Waals surface area contributed by atoms with E-state index in [9.17, 15) is 0 Å². The van der Waals surface area contributed by atoms with Crippen molar-refractivity contribution in [1.82, 2.24) is 0 Å². The van der Waals surface area contributed by atoms with Gasteiger partial charge in [-0.05, 0) is 42.4 Å². The molecule has 0 aliphatic heterocycles. The summed E-state index contributed by atoms with van der Waals surface area (Å²) in [6, 6.07) is 0. The molecule has 2 heteroatoms. The first-order valence-electron chi connectivity index (χ1n) is 7.82. The third kappa shape index (κ3) is 4.07. The molecule has 1 rings (SSSR count). The molecule has 0 N–H and O–H groups in total. The summed E-state index contributed by atoms with van der Waals surface area (Å²) in [6.45, 7) is 17.0. The lowest BCUT2D eigenvalue weighted by Gasteiger charge is -2.49. The van der Waals surface area contributed by atoms with Crippen LogP contribution in [0.4, 0.5) is 0 Å². The van der Waals surface area contributed by atoms with Crippen molar-refractivity contribution in [3.63, 3.8) is 0 Å². The molecule has 0 amide bonds. The van der Waals surface area contributed by atoms with Crippen molar-refractivity contribution in [3.05, 3.63) is 0 Å². The number of rotatable bonds is 2. The first-order chi connectivity index (χ1) is 7.82. The topological polar surface area (TPSA) is 0 Å². The molecule has 0 radical (unpaired) electrons. The van der Waals surface area contributed by atoms with E-state index in [1.165, 1.54) is 19.3 Å². The Balaban J connectivity index is 2.93. The second-order valence-electron chi connectivity index (χ2n) is 9.90. The molecule has 0 saturated heterocycles. The molecular weight excluding hydrogens is 214 g/mol. The van der Waals surface area contributed by atoms with Crippen LogP contribution in [0.5, 0.6) is 0 Å². The fraction of sp³-hybridized carbons (Fsp3) is 1.00. The highest BCUT2D eigenvalue weighted by molar-refractivity contribution is 6.15. The van der Waals surface area contributed by atoms with Crippen LogP contribution in [0.25, 0.3) is 0 Å². The minimum atomic E-state index is 0.466. The largest absolute Gasteiger partial charge is 0.109 e. The van der Waals surface area contributed by atoms with Gasteiger partial charge in [-0.15, -0.1) is 0 Å². The van der Waals surface area contributed by atoms with Gasteiger partial charge in [0.05, 0.1) is 0 Å². The van der Waals surface area contributed by atoms with Gasteiger partial charge in [0.2, 0.25) is 0 Å². The van der Waals surface area contributed by atoms with E-state index in [-0.39, 0.29) is 0 Å². The van der Waals surface area contributed by atoms with Crippen molar-refractivity contribution in [2.24, 2.45) is 23.2 Å². The van der Waals surface area contributed by atoms with Crippen molar-refractivity contribution in [2.45, 2.75) is 78.4 Å². The third-order valence-corrected chi connectivity index (χ3v) is 5.38. The zero-order chi connectivity index (χ0) is 14.4. The highest BCUT2D eigenvalue weighted by Gasteiger charge is 2.42. The van der Waals surface area contributed by atoms with Crippen LogP contribution in [-0.4, -0.2) is 15.7 Å². The van der Waals surface area contributed by atoms with Gasteiger partial charge in [0, 0.05) is 0 Å². The second-order valence-corrected chi connectivity index (χ2v) is 9.90. The highest BCUT2D eigenvalue weighted by atomic mass is 14.5. The van der Waals surface area contributed by atoms with Crippen LogP contribution < -0.4 is 0 Å². The van der Waals surface area contributed by atoms with Gasteiger partial charge in [0.25, 0.3) is 0 Å². The average molecular weight is 248 g/mol. The summed E-state index contributed by atoms with van der Waals surface area (Å²) < 4.78 is 0. The Bertz CT molecular complexity index is 221.